The maximum Gasteiger partial charge on any atom is 0.160 e. The van der Waals surface area contributed by atoms with Crippen molar-refractivity contribution in [3.05, 3.63) is 71.9 Å². The van der Waals surface area contributed by atoms with E-state index in [4.69, 9.17) is 0 Å². The fourth-order valence-electron chi connectivity index (χ4n) is 2.11. The normalized spacial score (nSPS) is 10.7. The Hall–Kier alpha value is -2.49. The number of nitrogens with zero attached hydrogens (tertiary/aromatic N) is 1. The third-order valence-electron chi connectivity index (χ3n) is 3.14. The van der Waals surface area contributed by atoms with Crippen molar-refractivity contribution >= 4 is 16.6 Å². The number of benzene rings is 2. The number of fused-ring (bicyclic) bond motifs is 1. The fourth-order valence-corrected chi connectivity index (χ4v) is 2.11. The Morgan fingerprint density at radius 2 is 1.80 bits per heavy atom. The topological polar surface area (TPSA) is 24.9 Å². The molecule has 0 unspecified atom stereocenters. The maximum atomic E-state index is 13.1. The smallest absolute Gasteiger partial charge is 0.160 e. The Morgan fingerprint density at radius 1 is 0.950 bits per heavy atom. The van der Waals surface area contributed by atoms with Crippen LogP contribution in [-0.2, 0) is 6.54 Å². The van der Waals surface area contributed by atoms with E-state index in [0.717, 1.165) is 28.6 Å². The van der Waals surface area contributed by atoms with Crippen LogP contribution in [0.3, 0.4) is 0 Å². The van der Waals surface area contributed by atoms with Gasteiger partial charge >= 0.3 is 0 Å². The molecule has 0 atom stereocenters. The largest absolute Gasteiger partial charge is 0.381 e. The van der Waals surface area contributed by atoms with Crippen molar-refractivity contribution in [1.29, 1.82) is 0 Å². The lowest BCUT2D eigenvalue weighted by atomic mass is 10.1. The molecule has 0 saturated carbocycles. The molecule has 0 spiro atoms. The van der Waals surface area contributed by atoms with Crippen LogP contribution in [0.25, 0.3) is 10.9 Å². The summed E-state index contributed by atoms with van der Waals surface area (Å²) in [5.41, 5.74) is 2.52. The van der Waals surface area contributed by atoms with E-state index in [1.165, 1.54) is 6.07 Å². The van der Waals surface area contributed by atoms with E-state index in [1.807, 2.05) is 30.3 Å². The molecule has 0 bridgehead atoms. The molecule has 20 heavy (non-hydrogen) atoms. The highest BCUT2D eigenvalue weighted by Gasteiger charge is 2.04. The minimum Gasteiger partial charge on any atom is -0.381 e. The molecule has 2 nitrogen and oxygen atoms in total. The molecule has 0 saturated heterocycles. The predicted molar refractivity (Wildman–Crippen MR) is 75.4 cm³/mol. The molecule has 3 rings (SSSR count). The van der Waals surface area contributed by atoms with E-state index < -0.39 is 11.6 Å². The summed E-state index contributed by atoms with van der Waals surface area (Å²) in [6, 6.07) is 13.5. The molecule has 0 amide bonds. The Balaban J connectivity index is 1.85. The number of anilines is 1. The molecule has 0 fully saturated rings. The standard InChI is InChI=1S/C16H12F2N2/c17-14-6-5-12(9-15(14)18)20-10-11-7-8-19-16-4-2-1-3-13(11)16/h1-9,20H,10H2. The van der Waals surface area contributed by atoms with Crippen LogP contribution in [0.2, 0.25) is 0 Å². The lowest BCUT2D eigenvalue weighted by Gasteiger charge is -2.09. The fraction of sp³-hybridized carbons (Fsp3) is 0.0625. The van der Waals surface area contributed by atoms with Gasteiger partial charge in [-0.3, -0.25) is 4.98 Å². The number of aromatic nitrogens is 1. The minimum absolute atomic E-state index is 0.522. The second-order valence-corrected chi connectivity index (χ2v) is 4.47. The summed E-state index contributed by atoms with van der Waals surface area (Å²) < 4.78 is 26.0. The summed E-state index contributed by atoms with van der Waals surface area (Å²) in [6.07, 6.45) is 1.74. The van der Waals surface area contributed by atoms with E-state index >= 15 is 0 Å². The second-order valence-electron chi connectivity index (χ2n) is 4.47. The van der Waals surface area contributed by atoms with Crippen LogP contribution in [0.4, 0.5) is 14.5 Å². The van der Waals surface area contributed by atoms with Gasteiger partial charge < -0.3 is 5.32 Å². The summed E-state index contributed by atoms with van der Waals surface area (Å²) in [4.78, 5) is 4.29. The molecule has 1 heterocycles. The first kappa shape index (κ1) is 12.5. The Labute approximate surface area is 115 Å². The average Bonchev–Trinajstić information content (AvgIpc) is 2.48. The molecular formula is C16H12F2N2. The zero-order valence-corrected chi connectivity index (χ0v) is 10.6. The monoisotopic (exact) mass is 270 g/mol. The molecule has 0 aliphatic rings. The Kier molecular flexibility index (Phi) is 3.29. The lowest BCUT2D eigenvalue weighted by Crippen LogP contribution is -2.01. The summed E-state index contributed by atoms with van der Waals surface area (Å²) in [5.74, 6) is -1.69. The Bertz CT molecular complexity index is 751. The van der Waals surface area contributed by atoms with Crippen LogP contribution in [0.5, 0.6) is 0 Å². The average molecular weight is 270 g/mol. The minimum atomic E-state index is -0.852. The molecular weight excluding hydrogens is 258 g/mol. The highest BCUT2D eigenvalue weighted by Crippen LogP contribution is 2.19. The van der Waals surface area contributed by atoms with Gasteiger partial charge in [-0.2, -0.15) is 0 Å². The SMILES string of the molecule is Fc1ccc(NCc2ccnc3ccccc23)cc1F. The number of halogens is 2. The van der Waals surface area contributed by atoms with Crippen molar-refractivity contribution in [3.63, 3.8) is 0 Å². The van der Waals surface area contributed by atoms with E-state index in [1.54, 1.807) is 6.20 Å². The summed E-state index contributed by atoms with van der Waals surface area (Å²) in [6.45, 7) is 0.522. The summed E-state index contributed by atoms with van der Waals surface area (Å²) in [7, 11) is 0. The molecule has 1 N–H and O–H groups in total. The highest BCUT2D eigenvalue weighted by atomic mass is 19.2. The van der Waals surface area contributed by atoms with Gasteiger partial charge in [0.15, 0.2) is 11.6 Å². The number of nitrogens with one attached hydrogen (secondary N) is 1. The van der Waals surface area contributed by atoms with E-state index in [-0.39, 0.29) is 0 Å². The van der Waals surface area contributed by atoms with Crippen molar-refractivity contribution in [3.8, 4) is 0 Å². The summed E-state index contributed by atoms with van der Waals surface area (Å²) in [5, 5.41) is 4.13. The first-order valence-electron chi connectivity index (χ1n) is 6.25. The van der Waals surface area contributed by atoms with E-state index in [2.05, 4.69) is 10.3 Å². The van der Waals surface area contributed by atoms with E-state index in [0.29, 0.717) is 12.2 Å². The van der Waals surface area contributed by atoms with Crippen molar-refractivity contribution in [2.24, 2.45) is 0 Å². The van der Waals surface area contributed by atoms with Gasteiger partial charge in [-0.15, -0.1) is 0 Å². The first-order valence-corrected chi connectivity index (χ1v) is 6.25. The highest BCUT2D eigenvalue weighted by molar-refractivity contribution is 5.82. The van der Waals surface area contributed by atoms with Crippen LogP contribution in [0.1, 0.15) is 5.56 Å². The number of pyridine rings is 1. The van der Waals surface area contributed by atoms with Gasteiger partial charge in [0.2, 0.25) is 0 Å². The van der Waals surface area contributed by atoms with Gasteiger partial charge in [-0.25, -0.2) is 8.78 Å². The van der Waals surface area contributed by atoms with Gasteiger partial charge in [0.25, 0.3) is 0 Å². The molecule has 0 radical (unpaired) electrons. The number of hydrogen-bond donors (Lipinski definition) is 1. The van der Waals surface area contributed by atoms with Gasteiger partial charge in [0.05, 0.1) is 5.52 Å². The molecule has 100 valence electrons. The van der Waals surface area contributed by atoms with Gasteiger partial charge in [-0.05, 0) is 29.8 Å². The number of hydrogen-bond acceptors (Lipinski definition) is 2. The van der Waals surface area contributed by atoms with Crippen LogP contribution in [0.15, 0.2) is 54.7 Å². The van der Waals surface area contributed by atoms with Gasteiger partial charge in [-0.1, -0.05) is 18.2 Å². The van der Waals surface area contributed by atoms with Crippen LogP contribution >= 0.6 is 0 Å². The Morgan fingerprint density at radius 3 is 2.65 bits per heavy atom. The quantitative estimate of drug-likeness (QED) is 0.774. The third kappa shape index (κ3) is 2.45. The zero-order valence-electron chi connectivity index (χ0n) is 10.6. The molecule has 0 aliphatic carbocycles. The van der Waals surface area contributed by atoms with E-state index in [9.17, 15) is 8.78 Å². The van der Waals surface area contributed by atoms with Crippen LogP contribution in [0, 0.1) is 11.6 Å². The second kappa shape index (κ2) is 5.25. The molecule has 4 heteroatoms. The van der Waals surface area contributed by atoms with Crippen molar-refractivity contribution in [2.45, 2.75) is 6.54 Å². The predicted octanol–water partition coefficient (Wildman–Crippen LogP) is 4.13. The van der Waals surface area contributed by atoms with Crippen LogP contribution in [-0.4, -0.2) is 4.98 Å². The first-order chi connectivity index (χ1) is 9.74. The van der Waals surface area contributed by atoms with Gasteiger partial charge in [0, 0.05) is 29.9 Å². The molecule has 1 aromatic heterocycles. The molecule has 2 aromatic carbocycles. The summed E-state index contributed by atoms with van der Waals surface area (Å²) >= 11 is 0. The van der Waals surface area contributed by atoms with Crippen LogP contribution < -0.4 is 5.32 Å². The van der Waals surface area contributed by atoms with Gasteiger partial charge in [0.1, 0.15) is 0 Å². The molecule has 3 aromatic rings. The molecule has 0 aliphatic heterocycles. The van der Waals surface area contributed by atoms with Crippen molar-refractivity contribution in [1.82, 2.24) is 4.98 Å². The number of rotatable bonds is 3. The lowest BCUT2D eigenvalue weighted by molar-refractivity contribution is 0.509. The maximum absolute atomic E-state index is 13.1. The third-order valence-corrected chi connectivity index (χ3v) is 3.14. The van der Waals surface area contributed by atoms with Crippen molar-refractivity contribution < 1.29 is 8.78 Å². The number of para-hydroxylation sites is 1. The zero-order chi connectivity index (χ0) is 13.9. The van der Waals surface area contributed by atoms with Crippen molar-refractivity contribution in [2.75, 3.05) is 5.32 Å².